The topological polar surface area (TPSA) is 96.1 Å². The van der Waals surface area contributed by atoms with Crippen LogP contribution >= 0.6 is 22.9 Å². The lowest BCUT2D eigenvalue weighted by atomic mass is 10.2. The Morgan fingerprint density at radius 1 is 1.13 bits per heavy atom. The monoisotopic (exact) mass is 440 g/mol. The zero-order valence-corrected chi connectivity index (χ0v) is 17.4. The summed E-state index contributed by atoms with van der Waals surface area (Å²) in [5, 5.41) is 14.1. The molecule has 3 N–H and O–H groups in total. The highest BCUT2D eigenvalue weighted by Gasteiger charge is 2.17. The van der Waals surface area contributed by atoms with Crippen molar-refractivity contribution in [1.29, 1.82) is 0 Å². The maximum Gasteiger partial charge on any atom is 0.260 e. The quantitative estimate of drug-likeness (QED) is 0.404. The second-order valence-corrected chi connectivity index (χ2v) is 7.97. The normalized spacial score (nSPS) is 10.7. The molecule has 2 aromatic carbocycles. The summed E-state index contributed by atoms with van der Waals surface area (Å²) in [5.74, 6) is 0.494. The van der Waals surface area contributed by atoms with E-state index in [1.807, 2.05) is 6.07 Å². The van der Waals surface area contributed by atoms with Crippen LogP contribution in [0.25, 0.3) is 10.2 Å². The molecule has 0 fully saturated rings. The first-order valence-electron chi connectivity index (χ1n) is 9.00. The van der Waals surface area contributed by atoms with Gasteiger partial charge in [-0.2, -0.15) is 5.10 Å². The van der Waals surface area contributed by atoms with Gasteiger partial charge in [0.2, 0.25) is 5.91 Å². The number of benzene rings is 2. The maximum atomic E-state index is 12.6. The van der Waals surface area contributed by atoms with E-state index in [1.165, 1.54) is 18.4 Å². The Bertz CT molecular complexity index is 1220. The van der Waals surface area contributed by atoms with Crippen molar-refractivity contribution >= 4 is 56.5 Å². The van der Waals surface area contributed by atoms with Crippen LogP contribution in [-0.4, -0.2) is 29.1 Å². The van der Waals surface area contributed by atoms with Crippen LogP contribution in [0, 0.1) is 0 Å². The van der Waals surface area contributed by atoms with E-state index in [2.05, 4.69) is 20.8 Å². The molecule has 2 heterocycles. The lowest BCUT2D eigenvalue weighted by molar-refractivity contribution is -0.115. The van der Waals surface area contributed by atoms with Crippen molar-refractivity contribution in [2.75, 3.05) is 17.7 Å². The number of thiophene rings is 1. The Morgan fingerprint density at radius 3 is 2.67 bits per heavy atom. The Hall–Kier alpha value is -3.36. The van der Waals surface area contributed by atoms with Crippen LogP contribution < -0.4 is 15.4 Å². The minimum atomic E-state index is -0.314. The van der Waals surface area contributed by atoms with E-state index >= 15 is 0 Å². The highest BCUT2D eigenvalue weighted by atomic mass is 35.5. The molecule has 0 aliphatic rings. The number of amides is 2. The fraction of sp³-hybridized carbons (Fsp3) is 0.0952. The maximum absolute atomic E-state index is 12.6. The number of aromatic amines is 1. The molecule has 152 valence electrons. The first-order valence-corrected chi connectivity index (χ1v) is 10.2. The lowest BCUT2D eigenvalue weighted by Crippen LogP contribution is -2.14. The molecular weight excluding hydrogens is 424 g/mol. The van der Waals surface area contributed by atoms with Crippen LogP contribution in [0.4, 0.5) is 11.5 Å². The van der Waals surface area contributed by atoms with Gasteiger partial charge in [0.25, 0.3) is 5.91 Å². The summed E-state index contributed by atoms with van der Waals surface area (Å²) in [6.07, 6.45) is 0.198. The molecule has 0 unspecified atom stereocenters. The van der Waals surface area contributed by atoms with Crippen molar-refractivity contribution in [2.45, 2.75) is 6.42 Å². The van der Waals surface area contributed by atoms with Gasteiger partial charge in [-0.25, -0.2) is 0 Å². The number of ether oxygens (including phenoxy) is 1. The van der Waals surface area contributed by atoms with Crippen LogP contribution in [0.3, 0.4) is 0 Å². The molecule has 9 heteroatoms. The van der Waals surface area contributed by atoms with Crippen LogP contribution in [0.15, 0.2) is 54.6 Å². The summed E-state index contributed by atoms with van der Waals surface area (Å²) in [6.45, 7) is 0. The number of nitrogens with one attached hydrogen (secondary N) is 3. The van der Waals surface area contributed by atoms with E-state index in [4.69, 9.17) is 16.3 Å². The van der Waals surface area contributed by atoms with Gasteiger partial charge in [-0.3, -0.25) is 14.7 Å². The third-order valence-corrected chi connectivity index (χ3v) is 5.64. The largest absolute Gasteiger partial charge is 0.496 e. The fourth-order valence-electron chi connectivity index (χ4n) is 2.95. The molecular formula is C21H17ClN4O3S. The molecule has 0 bridgehead atoms. The van der Waals surface area contributed by atoms with Crippen molar-refractivity contribution in [2.24, 2.45) is 0 Å². The number of rotatable bonds is 6. The number of hydrogen-bond donors (Lipinski definition) is 3. The van der Waals surface area contributed by atoms with Gasteiger partial charge in [-0.1, -0.05) is 23.7 Å². The third kappa shape index (κ3) is 4.29. The van der Waals surface area contributed by atoms with E-state index in [9.17, 15) is 9.59 Å². The van der Waals surface area contributed by atoms with Gasteiger partial charge in [-0.15, -0.1) is 11.3 Å². The third-order valence-electron chi connectivity index (χ3n) is 4.35. The van der Waals surface area contributed by atoms with E-state index in [0.29, 0.717) is 32.7 Å². The summed E-state index contributed by atoms with van der Waals surface area (Å²) in [5.41, 5.74) is 1.09. The first-order chi connectivity index (χ1) is 14.5. The van der Waals surface area contributed by atoms with Crippen molar-refractivity contribution in [3.8, 4) is 5.75 Å². The number of carbonyl (C=O) groups is 2. The predicted octanol–water partition coefficient (Wildman–Crippen LogP) is 4.72. The minimum absolute atomic E-state index is 0.148. The SMILES string of the molecule is COc1ccccc1C(=O)Nc1[nH]nc2sc(CC(=O)Nc3ccc(Cl)cc3)cc12. The van der Waals surface area contributed by atoms with Gasteiger partial charge in [0.15, 0.2) is 0 Å². The number of nitrogens with zero attached hydrogens (tertiary/aromatic N) is 1. The molecule has 2 aromatic heterocycles. The Morgan fingerprint density at radius 2 is 1.90 bits per heavy atom. The van der Waals surface area contributed by atoms with Crippen molar-refractivity contribution in [3.05, 3.63) is 70.1 Å². The van der Waals surface area contributed by atoms with E-state index < -0.39 is 0 Å². The Kier molecular flexibility index (Phi) is 5.69. The molecule has 0 spiro atoms. The predicted molar refractivity (Wildman–Crippen MR) is 119 cm³/mol. The summed E-state index contributed by atoms with van der Waals surface area (Å²) < 4.78 is 5.24. The molecule has 0 aliphatic heterocycles. The van der Waals surface area contributed by atoms with Gasteiger partial charge in [0, 0.05) is 15.6 Å². The Labute approximate surface area is 181 Å². The molecule has 4 rings (SSSR count). The summed E-state index contributed by atoms with van der Waals surface area (Å²) in [4.78, 5) is 26.5. The summed E-state index contributed by atoms with van der Waals surface area (Å²) >= 11 is 7.25. The highest BCUT2D eigenvalue weighted by Crippen LogP contribution is 2.30. The molecule has 0 saturated carbocycles. The van der Waals surface area contributed by atoms with Crippen LogP contribution in [0.2, 0.25) is 5.02 Å². The number of carbonyl (C=O) groups excluding carboxylic acids is 2. The second-order valence-electron chi connectivity index (χ2n) is 6.42. The lowest BCUT2D eigenvalue weighted by Gasteiger charge is -2.07. The Balaban J connectivity index is 1.47. The number of methoxy groups -OCH3 is 1. The highest BCUT2D eigenvalue weighted by molar-refractivity contribution is 7.18. The average Bonchev–Trinajstić information content (AvgIpc) is 3.30. The van der Waals surface area contributed by atoms with Gasteiger partial charge >= 0.3 is 0 Å². The zero-order valence-electron chi connectivity index (χ0n) is 15.9. The molecule has 0 aliphatic carbocycles. The van der Waals surface area contributed by atoms with Crippen molar-refractivity contribution < 1.29 is 14.3 Å². The molecule has 30 heavy (non-hydrogen) atoms. The summed E-state index contributed by atoms with van der Waals surface area (Å²) in [7, 11) is 1.51. The van der Waals surface area contributed by atoms with Gasteiger partial charge < -0.3 is 15.4 Å². The first kappa shape index (κ1) is 19.9. The van der Waals surface area contributed by atoms with Gasteiger partial charge in [0.05, 0.1) is 24.5 Å². The van der Waals surface area contributed by atoms with Gasteiger partial charge in [0.1, 0.15) is 16.4 Å². The van der Waals surface area contributed by atoms with Crippen LogP contribution in [-0.2, 0) is 11.2 Å². The standard InChI is InChI=1S/C21H17ClN4O3S/c1-29-17-5-3-2-4-15(17)20(28)24-19-16-10-14(30-21(16)26-25-19)11-18(27)23-13-8-6-12(22)7-9-13/h2-10H,11H2,1H3,(H,23,27)(H2,24,25,26,28). The number of halogens is 1. The summed E-state index contributed by atoms with van der Waals surface area (Å²) in [6, 6.07) is 15.7. The fourth-order valence-corrected chi connectivity index (χ4v) is 4.07. The number of aromatic nitrogens is 2. The molecule has 0 radical (unpaired) electrons. The van der Waals surface area contributed by atoms with Crippen LogP contribution in [0.5, 0.6) is 5.75 Å². The van der Waals surface area contributed by atoms with Crippen molar-refractivity contribution in [1.82, 2.24) is 10.2 Å². The number of fused-ring (bicyclic) bond motifs is 1. The number of H-pyrrole nitrogens is 1. The average molecular weight is 441 g/mol. The number of anilines is 2. The molecule has 4 aromatic rings. The molecule has 7 nitrogen and oxygen atoms in total. The van der Waals surface area contributed by atoms with Gasteiger partial charge in [-0.05, 0) is 42.5 Å². The van der Waals surface area contributed by atoms with Crippen LogP contribution in [0.1, 0.15) is 15.2 Å². The molecule has 0 atom stereocenters. The van der Waals surface area contributed by atoms with E-state index in [0.717, 1.165) is 10.3 Å². The molecule has 2 amide bonds. The smallest absolute Gasteiger partial charge is 0.260 e. The second kappa shape index (κ2) is 8.56. The molecule has 0 saturated heterocycles. The zero-order chi connectivity index (χ0) is 21.1. The number of hydrogen-bond acceptors (Lipinski definition) is 5. The van der Waals surface area contributed by atoms with Crippen molar-refractivity contribution in [3.63, 3.8) is 0 Å². The minimum Gasteiger partial charge on any atom is -0.496 e. The van der Waals surface area contributed by atoms with E-state index in [-0.39, 0.29) is 18.2 Å². The number of para-hydroxylation sites is 1. The van der Waals surface area contributed by atoms with E-state index in [1.54, 1.807) is 48.5 Å².